The van der Waals surface area contributed by atoms with Gasteiger partial charge in [0.2, 0.25) is 5.91 Å². The predicted molar refractivity (Wildman–Crippen MR) is 92.5 cm³/mol. The first-order chi connectivity index (χ1) is 10.6. The summed E-state index contributed by atoms with van der Waals surface area (Å²) in [5.41, 5.74) is 1.36. The van der Waals surface area contributed by atoms with E-state index < -0.39 is 17.6 Å². The first-order valence-corrected chi connectivity index (χ1v) is 7.92. The third-order valence-corrected chi connectivity index (χ3v) is 3.30. The van der Waals surface area contributed by atoms with Crippen LogP contribution in [0.15, 0.2) is 24.3 Å². The Hall–Kier alpha value is -1.88. The van der Waals surface area contributed by atoms with E-state index in [0.29, 0.717) is 11.6 Å². The molecule has 2 N–H and O–H groups in total. The van der Waals surface area contributed by atoms with Gasteiger partial charge in [-0.15, -0.1) is 0 Å². The maximum Gasteiger partial charge on any atom is 0.308 e. The van der Waals surface area contributed by atoms with E-state index in [1.807, 2.05) is 24.3 Å². The number of likely N-dealkylation sites (N-methyl/N-ethyl adjacent to an activating group) is 1. The number of benzene rings is 1. The summed E-state index contributed by atoms with van der Waals surface area (Å²) in [5, 5.41) is 5.67. The molecule has 0 saturated carbocycles. The Kier molecular flexibility index (Phi) is 6.76. The summed E-state index contributed by atoms with van der Waals surface area (Å²) < 4.78 is 5.25. The lowest BCUT2D eigenvalue weighted by atomic mass is 10.0. The van der Waals surface area contributed by atoms with Crippen molar-refractivity contribution in [3.05, 3.63) is 29.8 Å². The number of ether oxygens (including phenoxy) is 1. The van der Waals surface area contributed by atoms with E-state index in [1.165, 1.54) is 5.56 Å². The van der Waals surface area contributed by atoms with E-state index in [-0.39, 0.29) is 12.3 Å². The molecule has 0 aliphatic heterocycles. The fourth-order valence-corrected chi connectivity index (χ4v) is 2.06. The molecule has 0 aromatic heterocycles. The second-order valence-corrected chi connectivity index (χ2v) is 6.90. The number of nitrogens with one attached hydrogen (secondary N) is 2. The van der Waals surface area contributed by atoms with Crippen molar-refractivity contribution in [3.8, 4) is 0 Å². The first kappa shape index (κ1) is 19.2. The maximum absolute atomic E-state index is 12.3. The smallest absolute Gasteiger partial charge is 0.308 e. The molecule has 0 radical (unpaired) electrons. The van der Waals surface area contributed by atoms with Crippen LogP contribution >= 0.6 is 0 Å². The summed E-state index contributed by atoms with van der Waals surface area (Å²) in [5.74, 6) is -0.213. The molecule has 0 aliphatic rings. The highest BCUT2D eigenvalue weighted by atomic mass is 16.6. The zero-order valence-corrected chi connectivity index (χ0v) is 14.9. The Bertz CT molecular complexity index is 530. The normalized spacial score (nSPS) is 12.8. The topological polar surface area (TPSA) is 67.4 Å². The van der Waals surface area contributed by atoms with Crippen LogP contribution in [0.25, 0.3) is 0 Å². The molecule has 0 unspecified atom stereocenters. The molecule has 1 atom stereocenters. The molecule has 1 aromatic rings. The van der Waals surface area contributed by atoms with Gasteiger partial charge in [-0.3, -0.25) is 9.59 Å². The van der Waals surface area contributed by atoms with E-state index in [0.717, 1.165) is 0 Å². The highest BCUT2D eigenvalue weighted by Gasteiger charge is 2.24. The number of hydrogen-bond acceptors (Lipinski definition) is 4. The van der Waals surface area contributed by atoms with E-state index in [1.54, 1.807) is 27.8 Å². The molecule has 0 spiro atoms. The van der Waals surface area contributed by atoms with Gasteiger partial charge in [-0.05, 0) is 51.4 Å². The van der Waals surface area contributed by atoms with Gasteiger partial charge in [0.15, 0.2) is 0 Å². The number of esters is 1. The van der Waals surface area contributed by atoms with Gasteiger partial charge in [-0.1, -0.05) is 26.0 Å². The number of carbonyl (C=O) groups is 2. The maximum atomic E-state index is 12.3. The Balaban J connectivity index is 2.64. The van der Waals surface area contributed by atoms with Crippen LogP contribution in [-0.2, 0) is 14.3 Å². The number of anilines is 1. The Morgan fingerprint density at radius 3 is 2.13 bits per heavy atom. The van der Waals surface area contributed by atoms with Gasteiger partial charge in [-0.2, -0.15) is 0 Å². The fraction of sp³-hybridized carbons (Fsp3) is 0.556. The monoisotopic (exact) mass is 320 g/mol. The minimum atomic E-state index is -0.630. The number of hydrogen-bond donors (Lipinski definition) is 2. The van der Waals surface area contributed by atoms with Crippen molar-refractivity contribution in [3.63, 3.8) is 0 Å². The molecule has 1 aromatic carbocycles. The van der Waals surface area contributed by atoms with E-state index in [2.05, 4.69) is 24.5 Å². The standard InChI is InChI=1S/C18H28N2O3/c1-12(2)13-7-9-14(10-8-13)20-17(22)15(19-6)11-16(21)23-18(3,4)5/h7-10,12,15,19H,11H2,1-6H3,(H,20,22)/t15-/m0/s1. The molecule has 5 nitrogen and oxygen atoms in total. The fourth-order valence-electron chi connectivity index (χ4n) is 2.06. The van der Waals surface area contributed by atoms with Gasteiger partial charge < -0.3 is 15.4 Å². The molecule has 0 aliphatic carbocycles. The van der Waals surface area contributed by atoms with Crippen LogP contribution in [0, 0.1) is 0 Å². The average Bonchev–Trinajstić information content (AvgIpc) is 2.43. The van der Waals surface area contributed by atoms with Crippen molar-refractivity contribution in [2.24, 2.45) is 0 Å². The minimum Gasteiger partial charge on any atom is -0.460 e. The van der Waals surface area contributed by atoms with Crippen molar-refractivity contribution in [2.75, 3.05) is 12.4 Å². The number of amides is 1. The average molecular weight is 320 g/mol. The van der Waals surface area contributed by atoms with Crippen LogP contribution in [-0.4, -0.2) is 30.6 Å². The Morgan fingerprint density at radius 1 is 1.13 bits per heavy atom. The van der Waals surface area contributed by atoms with Gasteiger partial charge in [0.1, 0.15) is 5.60 Å². The van der Waals surface area contributed by atoms with Crippen molar-refractivity contribution >= 4 is 17.6 Å². The number of carbonyl (C=O) groups excluding carboxylic acids is 2. The van der Waals surface area contributed by atoms with Crippen molar-refractivity contribution in [1.82, 2.24) is 5.32 Å². The second-order valence-electron chi connectivity index (χ2n) is 6.90. The minimum absolute atomic E-state index is 0.0102. The Labute approximate surface area is 138 Å². The molecule has 23 heavy (non-hydrogen) atoms. The lowest BCUT2D eigenvalue weighted by Gasteiger charge is -2.22. The van der Waals surface area contributed by atoms with Crippen LogP contribution in [0.5, 0.6) is 0 Å². The highest BCUT2D eigenvalue weighted by Crippen LogP contribution is 2.17. The molecule has 0 bridgehead atoms. The molecule has 0 saturated heterocycles. The SMILES string of the molecule is CN[C@@H](CC(=O)OC(C)(C)C)C(=O)Nc1ccc(C(C)C)cc1. The third kappa shape index (κ3) is 6.82. The quantitative estimate of drug-likeness (QED) is 0.791. The summed E-state index contributed by atoms with van der Waals surface area (Å²) in [6.45, 7) is 9.64. The molecular formula is C18H28N2O3. The van der Waals surface area contributed by atoms with Gasteiger partial charge in [0.05, 0.1) is 12.5 Å². The van der Waals surface area contributed by atoms with Gasteiger partial charge in [0.25, 0.3) is 0 Å². The van der Waals surface area contributed by atoms with Crippen molar-refractivity contribution < 1.29 is 14.3 Å². The van der Waals surface area contributed by atoms with Crippen LogP contribution in [0.4, 0.5) is 5.69 Å². The highest BCUT2D eigenvalue weighted by molar-refractivity contribution is 5.97. The zero-order valence-electron chi connectivity index (χ0n) is 14.9. The van der Waals surface area contributed by atoms with Crippen LogP contribution in [0.2, 0.25) is 0 Å². The van der Waals surface area contributed by atoms with E-state index >= 15 is 0 Å². The zero-order chi connectivity index (χ0) is 17.6. The lowest BCUT2D eigenvalue weighted by Crippen LogP contribution is -2.41. The summed E-state index contributed by atoms with van der Waals surface area (Å²) >= 11 is 0. The second kappa shape index (κ2) is 8.11. The number of rotatable bonds is 6. The van der Waals surface area contributed by atoms with Crippen LogP contribution in [0.1, 0.15) is 52.5 Å². The summed E-state index contributed by atoms with van der Waals surface area (Å²) in [4.78, 5) is 24.1. The largest absolute Gasteiger partial charge is 0.460 e. The van der Waals surface area contributed by atoms with Gasteiger partial charge in [0, 0.05) is 5.69 Å². The summed E-state index contributed by atoms with van der Waals surface area (Å²) in [7, 11) is 1.65. The van der Waals surface area contributed by atoms with Gasteiger partial charge in [-0.25, -0.2) is 0 Å². The van der Waals surface area contributed by atoms with Crippen molar-refractivity contribution in [2.45, 2.75) is 58.6 Å². The third-order valence-electron chi connectivity index (χ3n) is 3.30. The van der Waals surface area contributed by atoms with Crippen molar-refractivity contribution in [1.29, 1.82) is 0 Å². The summed E-state index contributed by atoms with van der Waals surface area (Å²) in [6, 6.07) is 7.08. The first-order valence-electron chi connectivity index (χ1n) is 7.92. The van der Waals surface area contributed by atoms with Gasteiger partial charge >= 0.3 is 5.97 Å². The molecule has 0 heterocycles. The van der Waals surface area contributed by atoms with E-state index in [9.17, 15) is 9.59 Å². The van der Waals surface area contributed by atoms with Crippen LogP contribution < -0.4 is 10.6 Å². The lowest BCUT2D eigenvalue weighted by molar-refractivity contribution is -0.156. The van der Waals surface area contributed by atoms with Crippen LogP contribution in [0.3, 0.4) is 0 Å². The predicted octanol–water partition coefficient (Wildman–Crippen LogP) is 3.07. The molecule has 1 rings (SSSR count). The molecule has 1 amide bonds. The molecule has 128 valence electrons. The molecule has 0 fully saturated rings. The van der Waals surface area contributed by atoms with E-state index in [4.69, 9.17) is 4.74 Å². The molecule has 5 heteroatoms. The summed E-state index contributed by atoms with van der Waals surface area (Å²) in [6.07, 6.45) is -0.0102. The molecular weight excluding hydrogens is 292 g/mol. The Morgan fingerprint density at radius 2 is 1.70 bits per heavy atom.